The summed E-state index contributed by atoms with van der Waals surface area (Å²) in [6.45, 7) is 0. The molecule has 3 aromatic carbocycles. The van der Waals surface area contributed by atoms with Gasteiger partial charge < -0.3 is 15.4 Å². The van der Waals surface area contributed by atoms with Gasteiger partial charge in [0.1, 0.15) is 5.75 Å². The van der Waals surface area contributed by atoms with E-state index in [2.05, 4.69) is 10.6 Å². The quantitative estimate of drug-likeness (QED) is 0.602. The Morgan fingerprint density at radius 3 is 2.30 bits per heavy atom. The number of amides is 2. The smallest absolute Gasteiger partial charge is 0.416 e. The molecular formula is C22H17F3N2O3. The minimum Gasteiger partial charge on any atom is -0.497 e. The summed E-state index contributed by atoms with van der Waals surface area (Å²) in [5, 5.41) is 5.20. The molecule has 3 rings (SSSR count). The molecule has 0 heterocycles. The van der Waals surface area contributed by atoms with E-state index >= 15 is 0 Å². The standard InChI is InChI=1S/C22H17F3N2O3/c1-30-17-9-5-8-16(13-17)26-21(29)18-10-2-3-11-19(18)27-20(28)14-6-4-7-15(12-14)22(23,24)25/h2-13H,1H3,(H,26,29)(H,27,28). The first kappa shape index (κ1) is 20.9. The second-order valence-corrected chi connectivity index (χ2v) is 6.26. The lowest BCUT2D eigenvalue weighted by Gasteiger charge is -2.13. The fourth-order valence-corrected chi connectivity index (χ4v) is 2.72. The molecule has 0 saturated carbocycles. The van der Waals surface area contributed by atoms with Gasteiger partial charge in [-0.05, 0) is 42.5 Å². The SMILES string of the molecule is COc1cccc(NC(=O)c2ccccc2NC(=O)c2cccc(C(F)(F)F)c2)c1. The Kier molecular flexibility index (Phi) is 6.06. The number of para-hydroxylation sites is 1. The van der Waals surface area contributed by atoms with Crippen LogP contribution in [0.25, 0.3) is 0 Å². The normalized spacial score (nSPS) is 10.9. The van der Waals surface area contributed by atoms with Gasteiger partial charge in [-0.1, -0.05) is 24.3 Å². The van der Waals surface area contributed by atoms with E-state index in [0.29, 0.717) is 11.4 Å². The van der Waals surface area contributed by atoms with Crippen LogP contribution in [0.3, 0.4) is 0 Å². The minimum atomic E-state index is -4.56. The van der Waals surface area contributed by atoms with E-state index in [0.717, 1.165) is 18.2 Å². The third-order valence-corrected chi connectivity index (χ3v) is 4.20. The number of carbonyl (C=O) groups is 2. The summed E-state index contributed by atoms with van der Waals surface area (Å²) in [7, 11) is 1.50. The van der Waals surface area contributed by atoms with Gasteiger partial charge in [-0.2, -0.15) is 13.2 Å². The predicted molar refractivity (Wildman–Crippen MR) is 107 cm³/mol. The fraction of sp³-hybridized carbons (Fsp3) is 0.0909. The molecule has 0 fully saturated rings. The van der Waals surface area contributed by atoms with Crippen LogP contribution in [-0.4, -0.2) is 18.9 Å². The van der Waals surface area contributed by atoms with Crippen molar-refractivity contribution in [3.05, 3.63) is 89.5 Å². The monoisotopic (exact) mass is 414 g/mol. The topological polar surface area (TPSA) is 67.4 Å². The van der Waals surface area contributed by atoms with Gasteiger partial charge in [0, 0.05) is 17.3 Å². The van der Waals surface area contributed by atoms with Crippen LogP contribution in [0, 0.1) is 0 Å². The average molecular weight is 414 g/mol. The molecule has 2 amide bonds. The van der Waals surface area contributed by atoms with Crippen LogP contribution in [0.1, 0.15) is 26.3 Å². The number of anilines is 2. The van der Waals surface area contributed by atoms with Crippen molar-refractivity contribution in [3.63, 3.8) is 0 Å². The van der Waals surface area contributed by atoms with E-state index in [4.69, 9.17) is 4.74 Å². The first-order chi connectivity index (χ1) is 14.3. The molecule has 8 heteroatoms. The van der Waals surface area contributed by atoms with Gasteiger partial charge in [0.2, 0.25) is 0 Å². The van der Waals surface area contributed by atoms with E-state index in [1.54, 1.807) is 36.4 Å². The maximum Gasteiger partial charge on any atom is 0.416 e. The molecule has 2 N–H and O–H groups in total. The van der Waals surface area contributed by atoms with Crippen LogP contribution in [0.5, 0.6) is 5.75 Å². The van der Waals surface area contributed by atoms with E-state index in [1.165, 1.54) is 25.3 Å². The molecule has 0 unspecified atom stereocenters. The summed E-state index contributed by atoms with van der Waals surface area (Å²) in [6, 6.07) is 17.0. The van der Waals surface area contributed by atoms with Crippen molar-refractivity contribution < 1.29 is 27.5 Å². The molecule has 0 aromatic heterocycles. The van der Waals surface area contributed by atoms with Crippen LogP contribution in [0.2, 0.25) is 0 Å². The largest absolute Gasteiger partial charge is 0.497 e. The van der Waals surface area contributed by atoms with Crippen LogP contribution in [0.15, 0.2) is 72.8 Å². The number of hydrogen-bond donors (Lipinski definition) is 2. The Morgan fingerprint density at radius 2 is 1.57 bits per heavy atom. The van der Waals surface area contributed by atoms with Gasteiger partial charge in [-0.15, -0.1) is 0 Å². The highest BCUT2D eigenvalue weighted by Gasteiger charge is 2.31. The Hall–Kier alpha value is -3.81. The number of hydrogen-bond acceptors (Lipinski definition) is 3. The predicted octanol–water partition coefficient (Wildman–Crippen LogP) is 5.22. The van der Waals surface area contributed by atoms with E-state index in [-0.39, 0.29) is 16.8 Å². The van der Waals surface area contributed by atoms with Crippen molar-refractivity contribution in [1.29, 1.82) is 0 Å². The number of benzene rings is 3. The Balaban J connectivity index is 1.81. The zero-order valence-corrected chi connectivity index (χ0v) is 15.8. The third kappa shape index (κ3) is 4.96. The zero-order chi connectivity index (χ0) is 21.7. The molecule has 0 aliphatic rings. The summed E-state index contributed by atoms with van der Waals surface area (Å²) in [5.41, 5.74) is -0.300. The molecule has 0 spiro atoms. The molecule has 3 aromatic rings. The highest BCUT2D eigenvalue weighted by atomic mass is 19.4. The number of rotatable bonds is 5. The highest BCUT2D eigenvalue weighted by Crippen LogP contribution is 2.30. The molecular weight excluding hydrogens is 397 g/mol. The molecule has 0 saturated heterocycles. The lowest BCUT2D eigenvalue weighted by molar-refractivity contribution is -0.137. The number of halogens is 3. The molecule has 0 aliphatic carbocycles. The lowest BCUT2D eigenvalue weighted by atomic mass is 10.1. The fourth-order valence-electron chi connectivity index (χ4n) is 2.72. The van der Waals surface area contributed by atoms with Crippen molar-refractivity contribution in [3.8, 4) is 5.75 Å². The molecule has 0 radical (unpaired) electrons. The van der Waals surface area contributed by atoms with Gasteiger partial charge >= 0.3 is 6.18 Å². The van der Waals surface area contributed by atoms with Gasteiger partial charge in [0.25, 0.3) is 11.8 Å². The van der Waals surface area contributed by atoms with Crippen molar-refractivity contribution in [2.75, 3.05) is 17.7 Å². The van der Waals surface area contributed by atoms with Gasteiger partial charge in [0.15, 0.2) is 0 Å². The van der Waals surface area contributed by atoms with Gasteiger partial charge in [0.05, 0.1) is 23.9 Å². The average Bonchev–Trinajstić information content (AvgIpc) is 2.73. The number of methoxy groups -OCH3 is 1. The Bertz CT molecular complexity index is 1080. The maximum atomic E-state index is 12.9. The Morgan fingerprint density at radius 1 is 0.833 bits per heavy atom. The van der Waals surface area contributed by atoms with Gasteiger partial charge in [-0.3, -0.25) is 9.59 Å². The van der Waals surface area contributed by atoms with Gasteiger partial charge in [-0.25, -0.2) is 0 Å². The number of alkyl halides is 3. The molecule has 0 aliphatic heterocycles. The highest BCUT2D eigenvalue weighted by molar-refractivity contribution is 6.12. The molecule has 0 atom stereocenters. The van der Waals surface area contributed by atoms with E-state index < -0.39 is 23.6 Å². The summed E-state index contributed by atoms with van der Waals surface area (Å²) in [5.74, 6) is -0.704. The van der Waals surface area contributed by atoms with E-state index in [9.17, 15) is 22.8 Å². The second kappa shape index (κ2) is 8.69. The first-order valence-corrected chi connectivity index (χ1v) is 8.81. The van der Waals surface area contributed by atoms with Crippen LogP contribution in [0.4, 0.5) is 24.5 Å². The summed E-state index contributed by atoms with van der Waals surface area (Å²) >= 11 is 0. The second-order valence-electron chi connectivity index (χ2n) is 6.26. The number of nitrogens with one attached hydrogen (secondary N) is 2. The first-order valence-electron chi connectivity index (χ1n) is 8.81. The molecule has 30 heavy (non-hydrogen) atoms. The summed E-state index contributed by atoms with van der Waals surface area (Å²) in [6.07, 6.45) is -4.56. The molecule has 154 valence electrons. The van der Waals surface area contributed by atoms with Crippen LogP contribution in [-0.2, 0) is 6.18 Å². The van der Waals surface area contributed by atoms with Crippen molar-refractivity contribution in [1.82, 2.24) is 0 Å². The third-order valence-electron chi connectivity index (χ3n) is 4.20. The Labute approximate surface area is 170 Å². The summed E-state index contributed by atoms with van der Waals surface area (Å²) < 4.78 is 43.8. The van der Waals surface area contributed by atoms with Crippen LogP contribution >= 0.6 is 0 Å². The van der Waals surface area contributed by atoms with Crippen molar-refractivity contribution in [2.45, 2.75) is 6.18 Å². The van der Waals surface area contributed by atoms with E-state index in [1.807, 2.05) is 0 Å². The summed E-state index contributed by atoms with van der Waals surface area (Å²) in [4.78, 5) is 25.2. The zero-order valence-electron chi connectivity index (χ0n) is 15.8. The number of ether oxygens (including phenoxy) is 1. The minimum absolute atomic E-state index is 0.153. The van der Waals surface area contributed by atoms with Crippen molar-refractivity contribution >= 4 is 23.2 Å². The number of carbonyl (C=O) groups excluding carboxylic acids is 2. The van der Waals surface area contributed by atoms with Crippen molar-refractivity contribution in [2.24, 2.45) is 0 Å². The van der Waals surface area contributed by atoms with Crippen LogP contribution < -0.4 is 15.4 Å². The molecule has 0 bridgehead atoms. The molecule has 5 nitrogen and oxygen atoms in total. The maximum absolute atomic E-state index is 12.9. The lowest BCUT2D eigenvalue weighted by Crippen LogP contribution is -2.18.